The van der Waals surface area contributed by atoms with Crippen LogP contribution < -0.4 is 10.6 Å². The molecule has 22 atom stereocenters. The molecule has 4 rings (SSSR count). The molecule has 30 heteroatoms. The second-order valence-corrected chi connectivity index (χ2v) is 24.6. The van der Waals surface area contributed by atoms with Gasteiger partial charge in [-0.15, -0.1) is 0 Å². The third-order valence-corrected chi connectivity index (χ3v) is 14.3. The fourth-order valence-corrected chi connectivity index (χ4v) is 9.38. The molecular formula is C40H70N2O27Si. The van der Waals surface area contributed by atoms with E-state index in [1.165, 1.54) is 0 Å². The summed E-state index contributed by atoms with van der Waals surface area (Å²) in [6.07, 6.45) is -39.0. The molecule has 0 spiro atoms. The molecule has 4 saturated heterocycles. The Morgan fingerprint density at radius 3 is 1.83 bits per heavy atom. The number of carbonyl (C=O) groups is 4. The maximum Gasteiger partial charge on any atom is 0.364 e. The predicted octanol–water partition coefficient (Wildman–Crippen LogP) is -8.64. The van der Waals surface area contributed by atoms with E-state index in [9.17, 15) is 95.8 Å². The number of carbonyl (C=O) groups excluding carboxylic acids is 2. The second-order valence-electron chi connectivity index (χ2n) is 19.0. The smallest absolute Gasteiger partial charge is 0.364 e. The van der Waals surface area contributed by atoms with Crippen molar-refractivity contribution in [1.29, 1.82) is 0 Å². The second kappa shape index (κ2) is 25.0. The topological polar surface area (TPSA) is 470 Å². The minimum absolute atomic E-state index is 0.127. The van der Waals surface area contributed by atoms with Crippen molar-refractivity contribution in [3.63, 3.8) is 0 Å². The maximum atomic E-state index is 13.9. The molecule has 4 heterocycles. The molecule has 4 aliphatic rings. The van der Waals surface area contributed by atoms with Gasteiger partial charge in [-0.05, 0) is 6.04 Å². The summed E-state index contributed by atoms with van der Waals surface area (Å²) in [7, 11) is -0.557. The van der Waals surface area contributed by atoms with Crippen molar-refractivity contribution in [2.75, 3.05) is 40.1 Å². The average Bonchev–Trinajstić information content (AvgIpc) is 3.28. The number of carboxylic acid groups (broad SMARTS) is 2. The summed E-state index contributed by atoms with van der Waals surface area (Å²) < 4.78 is 44.8. The fraction of sp³-hybridized carbons (Fsp3) is 0.900. The number of hydrogen-bond acceptors (Lipinski definition) is 25. The summed E-state index contributed by atoms with van der Waals surface area (Å²) in [5, 5.41) is 166. The van der Waals surface area contributed by atoms with Crippen molar-refractivity contribution < 1.29 is 134 Å². The van der Waals surface area contributed by atoms with Gasteiger partial charge in [-0.25, -0.2) is 9.59 Å². The number of amides is 2. The highest BCUT2D eigenvalue weighted by atomic mass is 28.3. The number of hydrogen-bond donors (Lipinski definition) is 17. The van der Waals surface area contributed by atoms with E-state index in [1.807, 2.05) is 0 Å². The average molecular weight is 1040 g/mol. The van der Waals surface area contributed by atoms with Gasteiger partial charge in [-0.2, -0.15) is 0 Å². The van der Waals surface area contributed by atoms with Gasteiger partial charge >= 0.3 is 11.9 Å². The molecule has 406 valence electrons. The monoisotopic (exact) mass is 1040 g/mol. The molecule has 17 N–H and O–H groups in total. The molecule has 0 aliphatic carbocycles. The van der Waals surface area contributed by atoms with Gasteiger partial charge in [0.05, 0.1) is 57.1 Å². The number of rotatable bonds is 23. The van der Waals surface area contributed by atoms with Crippen LogP contribution in [0.5, 0.6) is 0 Å². The molecule has 0 saturated carbocycles. The lowest BCUT2D eigenvalue weighted by molar-refractivity contribution is -0.386. The molecule has 4 fully saturated rings. The molecule has 0 aromatic carbocycles. The van der Waals surface area contributed by atoms with E-state index in [4.69, 9.17) is 37.9 Å². The predicted molar refractivity (Wildman–Crippen MR) is 228 cm³/mol. The van der Waals surface area contributed by atoms with Crippen LogP contribution in [0.25, 0.3) is 0 Å². The van der Waals surface area contributed by atoms with Crippen LogP contribution in [0.2, 0.25) is 25.7 Å². The molecule has 0 aromatic heterocycles. The number of aliphatic hydroxyl groups excluding tert-OH is 13. The number of nitrogens with one attached hydrogen (secondary N) is 2. The largest absolute Gasteiger partial charge is 0.479 e. The van der Waals surface area contributed by atoms with Gasteiger partial charge in [0.1, 0.15) is 85.5 Å². The normalized spacial score (nSPS) is 40.1. The van der Waals surface area contributed by atoms with Gasteiger partial charge in [0.2, 0.25) is 11.8 Å². The minimum atomic E-state index is -3.31. The third kappa shape index (κ3) is 13.7. The highest BCUT2D eigenvalue weighted by Gasteiger charge is 2.61. The highest BCUT2D eigenvalue weighted by molar-refractivity contribution is 6.76. The van der Waals surface area contributed by atoms with Crippen LogP contribution >= 0.6 is 0 Å². The van der Waals surface area contributed by atoms with E-state index in [0.29, 0.717) is 6.04 Å². The molecule has 29 nitrogen and oxygen atoms in total. The zero-order chi connectivity index (χ0) is 52.8. The zero-order valence-corrected chi connectivity index (χ0v) is 40.0. The number of aliphatic hydroxyl groups is 13. The van der Waals surface area contributed by atoms with Gasteiger partial charge in [0, 0.05) is 41.6 Å². The first-order valence-electron chi connectivity index (χ1n) is 22.4. The fourth-order valence-electron chi connectivity index (χ4n) is 8.65. The minimum Gasteiger partial charge on any atom is -0.479 e. The highest BCUT2D eigenvalue weighted by Crippen LogP contribution is 2.40. The molecule has 4 aliphatic heterocycles. The van der Waals surface area contributed by atoms with Crippen LogP contribution in [0.15, 0.2) is 0 Å². The van der Waals surface area contributed by atoms with E-state index in [0.717, 1.165) is 14.0 Å². The lowest BCUT2D eigenvalue weighted by Crippen LogP contribution is -2.71. The quantitative estimate of drug-likeness (QED) is 0.0423. The Labute approximate surface area is 401 Å². The standard InChI is InChI=1S/C40H70N2O27Si/c1-15(47)41-23-16(48)8-39(37(58)59,67-33(23)26(53)19(12-44)62-2)10-22(51)42-24-17(49)9-40(38(60)61,68-32(24)25(52)18(50)11-43)69-34-27(54)20(13-45)64-36(30(34)57)66-31-21(14-46)65-35(29(56)28(31)55)63-6-7-70(3,4)5/h16-21,23-36,43-46,48-50,52-57H,6-14H2,1-5H3,(H,41,47)(H,42,51)(H,58,59)(H,60,61)/t16-,17-,18+,19+,20+,21+,23+,24+,25+,26+,27-,28+,29+,30+,31+,32+,33+,34-,35+,36-,39-,40-/m0/s1. The van der Waals surface area contributed by atoms with Crippen LogP contribution in [0.1, 0.15) is 26.2 Å². The van der Waals surface area contributed by atoms with E-state index in [1.54, 1.807) is 0 Å². The van der Waals surface area contributed by atoms with Crippen molar-refractivity contribution in [3.8, 4) is 0 Å². The number of carboxylic acids is 2. The van der Waals surface area contributed by atoms with Gasteiger partial charge in [-0.1, -0.05) is 19.6 Å². The lowest BCUT2D eigenvalue weighted by Gasteiger charge is -2.51. The molecule has 70 heavy (non-hydrogen) atoms. The summed E-state index contributed by atoms with van der Waals surface area (Å²) in [6, 6.07) is -2.94. The number of methoxy groups -OCH3 is 1. The van der Waals surface area contributed by atoms with Crippen LogP contribution in [0.4, 0.5) is 0 Å². The Bertz CT molecular complexity index is 1730. The van der Waals surface area contributed by atoms with Crippen LogP contribution in [0.3, 0.4) is 0 Å². The van der Waals surface area contributed by atoms with Crippen LogP contribution in [-0.2, 0) is 57.1 Å². The van der Waals surface area contributed by atoms with Gasteiger partial charge in [-0.3, -0.25) is 9.59 Å². The number of ether oxygens (including phenoxy) is 8. The summed E-state index contributed by atoms with van der Waals surface area (Å²) in [6.45, 7) is 3.31. The third-order valence-electron chi connectivity index (χ3n) is 12.6. The van der Waals surface area contributed by atoms with Crippen molar-refractivity contribution in [2.24, 2.45) is 0 Å². The maximum absolute atomic E-state index is 13.9. The van der Waals surface area contributed by atoms with Crippen molar-refractivity contribution in [1.82, 2.24) is 10.6 Å². The molecule has 0 unspecified atom stereocenters. The summed E-state index contributed by atoms with van der Waals surface area (Å²) in [5.74, 6) is -9.49. The van der Waals surface area contributed by atoms with E-state index in [-0.39, 0.29) is 6.61 Å². The van der Waals surface area contributed by atoms with Crippen LogP contribution in [-0.4, -0.2) is 282 Å². The van der Waals surface area contributed by atoms with Crippen molar-refractivity contribution >= 4 is 31.8 Å². The van der Waals surface area contributed by atoms with Gasteiger partial charge < -0.3 is 125 Å². The number of aliphatic carboxylic acids is 2. The van der Waals surface area contributed by atoms with E-state index >= 15 is 0 Å². The Morgan fingerprint density at radius 2 is 1.30 bits per heavy atom. The summed E-state index contributed by atoms with van der Waals surface area (Å²) in [5.41, 5.74) is -2.76. The molecular weight excluding hydrogens is 969 g/mol. The zero-order valence-electron chi connectivity index (χ0n) is 39.0. The molecule has 0 aromatic rings. The first-order chi connectivity index (χ1) is 32.6. The van der Waals surface area contributed by atoms with Crippen molar-refractivity contribution in [2.45, 2.75) is 186 Å². The van der Waals surface area contributed by atoms with Gasteiger partial charge in [0.25, 0.3) is 5.79 Å². The Balaban J connectivity index is 1.63. The van der Waals surface area contributed by atoms with Crippen molar-refractivity contribution in [3.05, 3.63) is 0 Å². The first-order valence-corrected chi connectivity index (χ1v) is 26.1. The van der Waals surface area contributed by atoms with E-state index in [2.05, 4.69) is 30.3 Å². The summed E-state index contributed by atoms with van der Waals surface area (Å²) >= 11 is 0. The Hall–Kier alpha value is -2.74. The molecule has 0 bridgehead atoms. The SMILES string of the molecule is CO[C@H](CO)[C@@H](O)[C@@H]1O[C@@](CC(=O)N[C@H]2[C@H]([C@H](O)[C@H](O)CO)O[C@@](O[C@H]3[C@@H](O)[C@@H](CO)O[C@@H](O[C@H]4[C@H](O)[C@@H](O)[C@H](OCC[Si](C)(C)C)O[C@@H]4CO)[C@@H]3O)(C(=O)O)C[C@@H]2O)(C(=O)O)C[C@H](O)[C@H]1NC(C)=O. The van der Waals surface area contributed by atoms with E-state index < -0.39 is 211 Å². The Kier molecular flexibility index (Phi) is 21.4. The molecule has 0 radical (unpaired) electrons. The molecule has 2 amide bonds. The van der Waals surface area contributed by atoms with Gasteiger partial charge in [0.15, 0.2) is 18.2 Å². The first kappa shape index (κ1) is 59.8. The summed E-state index contributed by atoms with van der Waals surface area (Å²) in [4.78, 5) is 52.0. The Morgan fingerprint density at radius 1 is 0.714 bits per heavy atom. The van der Waals surface area contributed by atoms with Crippen LogP contribution in [0, 0.1) is 0 Å². The lowest BCUT2D eigenvalue weighted by atomic mass is 9.81.